The van der Waals surface area contributed by atoms with Gasteiger partial charge in [-0.3, -0.25) is 4.72 Å². The summed E-state index contributed by atoms with van der Waals surface area (Å²) in [5.41, 5.74) is 0.720. The smallest absolute Gasteiger partial charge is 0.263 e. The Kier molecular flexibility index (Phi) is 4.32. The summed E-state index contributed by atoms with van der Waals surface area (Å²) in [4.78, 5) is -0.439. The molecule has 2 rings (SSSR count). The summed E-state index contributed by atoms with van der Waals surface area (Å²) in [6, 6.07) is 6.45. The maximum Gasteiger partial charge on any atom is 0.263 e. The zero-order valence-electron chi connectivity index (χ0n) is 10.7. The molecule has 8 heteroatoms. The molecular weight excluding hydrogens is 340 g/mol. The lowest BCUT2D eigenvalue weighted by molar-refractivity contribution is 0.471. The zero-order valence-corrected chi connectivity index (χ0v) is 13.0. The number of aryl methyl sites for hydroxylation is 1. The second-order valence-corrected chi connectivity index (χ2v) is 6.72. The lowest BCUT2D eigenvalue weighted by atomic mass is 10.2. The van der Waals surface area contributed by atoms with Crippen LogP contribution in [-0.2, 0) is 10.0 Å². The summed E-state index contributed by atoms with van der Waals surface area (Å²) in [5, 5.41) is 8.70. The number of hydrogen-bond acceptors (Lipinski definition) is 3. The molecule has 0 saturated carbocycles. The van der Waals surface area contributed by atoms with Gasteiger partial charge in [0.25, 0.3) is 10.0 Å². The van der Waals surface area contributed by atoms with Gasteiger partial charge in [-0.1, -0.05) is 29.3 Å². The van der Waals surface area contributed by atoms with Crippen molar-refractivity contribution in [3.05, 3.63) is 51.8 Å². The van der Waals surface area contributed by atoms with E-state index in [4.69, 9.17) is 23.2 Å². The van der Waals surface area contributed by atoms with Gasteiger partial charge in [0.2, 0.25) is 0 Å². The first-order valence-electron chi connectivity index (χ1n) is 5.68. The number of sulfonamides is 1. The molecule has 2 N–H and O–H groups in total. The number of phenols is 1. The molecule has 0 atom stereocenters. The van der Waals surface area contributed by atoms with E-state index < -0.39 is 25.8 Å². The number of halogens is 3. The zero-order chi connectivity index (χ0) is 15.8. The molecule has 0 radical (unpaired) electrons. The van der Waals surface area contributed by atoms with E-state index in [1.54, 1.807) is 6.92 Å². The van der Waals surface area contributed by atoms with Gasteiger partial charge in [0.05, 0.1) is 15.7 Å². The molecule has 0 heterocycles. The van der Waals surface area contributed by atoms with E-state index in [9.17, 15) is 17.9 Å². The van der Waals surface area contributed by atoms with Crippen LogP contribution in [0.15, 0.2) is 35.2 Å². The Balaban J connectivity index is 2.43. The Labute approximate surface area is 131 Å². The highest BCUT2D eigenvalue weighted by molar-refractivity contribution is 7.92. The minimum Gasteiger partial charge on any atom is -0.508 e. The SMILES string of the molecule is Cc1ccc(NS(=O)(=O)c2ccc(Cl)c(F)c2Cl)cc1O. The molecule has 0 aromatic heterocycles. The lowest BCUT2D eigenvalue weighted by Crippen LogP contribution is -2.14. The quantitative estimate of drug-likeness (QED) is 0.824. The second kappa shape index (κ2) is 5.71. The van der Waals surface area contributed by atoms with E-state index in [1.165, 1.54) is 18.2 Å². The van der Waals surface area contributed by atoms with Crippen molar-refractivity contribution in [1.82, 2.24) is 0 Å². The first-order valence-corrected chi connectivity index (χ1v) is 7.92. The molecule has 2 aromatic rings. The van der Waals surface area contributed by atoms with E-state index in [2.05, 4.69) is 4.72 Å². The Hall–Kier alpha value is -1.50. The summed E-state index contributed by atoms with van der Waals surface area (Å²) in [5.74, 6) is -1.07. The van der Waals surface area contributed by atoms with E-state index in [-0.39, 0.29) is 16.5 Å². The van der Waals surface area contributed by atoms with Crippen molar-refractivity contribution >= 4 is 38.9 Å². The van der Waals surface area contributed by atoms with Gasteiger partial charge < -0.3 is 5.11 Å². The number of phenolic OH excluding ortho intramolecular Hbond substituents is 1. The number of anilines is 1. The standard InChI is InChI=1S/C13H10Cl2FNO3S/c1-7-2-3-8(6-10(7)18)17-21(19,20)11-5-4-9(14)13(16)12(11)15/h2-6,17-18H,1H3. The Morgan fingerprint density at radius 3 is 2.48 bits per heavy atom. The monoisotopic (exact) mass is 349 g/mol. The topological polar surface area (TPSA) is 66.4 Å². The highest BCUT2D eigenvalue weighted by atomic mass is 35.5. The normalized spacial score (nSPS) is 11.4. The molecule has 0 aliphatic heterocycles. The maximum absolute atomic E-state index is 13.6. The molecule has 0 bridgehead atoms. The summed E-state index contributed by atoms with van der Waals surface area (Å²) in [6.45, 7) is 1.67. The summed E-state index contributed by atoms with van der Waals surface area (Å²) in [7, 11) is -4.10. The van der Waals surface area contributed by atoms with Crippen molar-refractivity contribution in [2.75, 3.05) is 4.72 Å². The Bertz CT molecular complexity index is 809. The fourth-order valence-electron chi connectivity index (χ4n) is 1.60. The molecule has 0 amide bonds. The number of rotatable bonds is 3. The lowest BCUT2D eigenvalue weighted by Gasteiger charge is -2.11. The van der Waals surface area contributed by atoms with Gasteiger partial charge in [-0.15, -0.1) is 0 Å². The van der Waals surface area contributed by atoms with Crippen LogP contribution < -0.4 is 4.72 Å². The van der Waals surface area contributed by atoms with Crippen LogP contribution in [0.3, 0.4) is 0 Å². The predicted molar refractivity (Wildman–Crippen MR) is 80.1 cm³/mol. The fraction of sp³-hybridized carbons (Fsp3) is 0.0769. The minimum absolute atomic E-state index is 0.0661. The molecule has 112 valence electrons. The third-order valence-corrected chi connectivity index (χ3v) is 4.95. The molecule has 0 fully saturated rings. The minimum atomic E-state index is -4.10. The van der Waals surface area contributed by atoms with Crippen LogP contribution in [0.25, 0.3) is 0 Å². The highest BCUT2D eigenvalue weighted by Gasteiger charge is 2.22. The predicted octanol–water partition coefficient (Wildman–Crippen LogP) is 3.95. The summed E-state index contributed by atoms with van der Waals surface area (Å²) < 4.78 is 40.2. The van der Waals surface area contributed by atoms with Crippen molar-refractivity contribution in [3.8, 4) is 5.75 Å². The van der Waals surface area contributed by atoms with Crippen LogP contribution in [-0.4, -0.2) is 13.5 Å². The average molecular weight is 350 g/mol. The number of nitrogens with one attached hydrogen (secondary N) is 1. The van der Waals surface area contributed by atoms with E-state index in [1.807, 2.05) is 0 Å². The van der Waals surface area contributed by atoms with Gasteiger partial charge in [-0.05, 0) is 30.7 Å². The first kappa shape index (κ1) is 15.9. The number of benzene rings is 2. The van der Waals surface area contributed by atoms with Gasteiger partial charge in [0.1, 0.15) is 10.6 Å². The van der Waals surface area contributed by atoms with Crippen molar-refractivity contribution in [2.24, 2.45) is 0 Å². The van der Waals surface area contributed by atoms with Crippen LogP contribution in [0, 0.1) is 12.7 Å². The summed E-state index contributed by atoms with van der Waals surface area (Å²) in [6.07, 6.45) is 0. The van der Waals surface area contributed by atoms with Crippen LogP contribution in [0.4, 0.5) is 10.1 Å². The van der Waals surface area contributed by atoms with Crippen molar-refractivity contribution in [3.63, 3.8) is 0 Å². The van der Waals surface area contributed by atoms with Gasteiger partial charge in [0, 0.05) is 6.07 Å². The van der Waals surface area contributed by atoms with Gasteiger partial charge in [-0.25, -0.2) is 12.8 Å². The molecule has 0 spiro atoms. The highest BCUT2D eigenvalue weighted by Crippen LogP contribution is 2.31. The fourth-order valence-corrected chi connectivity index (χ4v) is 3.39. The van der Waals surface area contributed by atoms with Crippen LogP contribution in [0.5, 0.6) is 5.75 Å². The van der Waals surface area contributed by atoms with Crippen LogP contribution >= 0.6 is 23.2 Å². The molecule has 21 heavy (non-hydrogen) atoms. The summed E-state index contributed by atoms with van der Waals surface area (Å²) >= 11 is 11.2. The molecule has 4 nitrogen and oxygen atoms in total. The van der Waals surface area contributed by atoms with Crippen LogP contribution in [0.1, 0.15) is 5.56 Å². The Morgan fingerprint density at radius 1 is 1.19 bits per heavy atom. The van der Waals surface area contributed by atoms with Crippen molar-refractivity contribution < 1.29 is 17.9 Å². The second-order valence-electron chi connectivity index (χ2n) is 4.28. The average Bonchev–Trinajstić information content (AvgIpc) is 2.39. The van der Waals surface area contributed by atoms with E-state index in [0.717, 1.165) is 12.1 Å². The molecule has 0 saturated heterocycles. The molecule has 0 aliphatic rings. The third kappa shape index (κ3) is 3.23. The Morgan fingerprint density at radius 2 is 1.86 bits per heavy atom. The largest absolute Gasteiger partial charge is 0.508 e. The first-order chi connectivity index (χ1) is 9.72. The van der Waals surface area contributed by atoms with Crippen LogP contribution in [0.2, 0.25) is 10.0 Å². The van der Waals surface area contributed by atoms with Gasteiger partial charge in [-0.2, -0.15) is 0 Å². The number of hydrogen-bond donors (Lipinski definition) is 2. The van der Waals surface area contributed by atoms with E-state index in [0.29, 0.717) is 5.56 Å². The molecule has 0 unspecified atom stereocenters. The number of aromatic hydroxyl groups is 1. The van der Waals surface area contributed by atoms with Gasteiger partial charge in [0.15, 0.2) is 5.82 Å². The maximum atomic E-state index is 13.6. The molecule has 0 aliphatic carbocycles. The van der Waals surface area contributed by atoms with Crippen molar-refractivity contribution in [2.45, 2.75) is 11.8 Å². The van der Waals surface area contributed by atoms with Gasteiger partial charge >= 0.3 is 0 Å². The molecular formula is C13H10Cl2FNO3S. The molecule has 2 aromatic carbocycles. The van der Waals surface area contributed by atoms with Crippen molar-refractivity contribution in [1.29, 1.82) is 0 Å². The van der Waals surface area contributed by atoms with E-state index >= 15 is 0 Å². The third-order valence-electron chi connectivity index (χ3n) is 2.75.